The maximum absolute atomic E-state index is 12.3. The van der Waals surface area contributed by atoms with Crippen molar-refractivity contribution in [2.75, 3.05) is 6.54 Å². The molecule has 0 radical (unpaired) electrons. The summed E-state index contributed by atoms with van der Waals surface area (Å²) < 4.78 is 1.72. The third-order valence-corrected chi connectivity index (χ3v) is 5.39. The number of thiophene rings is 1. The summed E-state index contributed by atoms with van der Waals surface area (Å²) in [5, 5.41) is 17.0. The molecule has 0 aliphatic heterocycles. The molecular weight excluding hydrogens is 390 g/mol. The first-order valence-corrected chi connectivity index (χ1v) is 9.68. The van der Waals surface area contributed by atoms with Crippen molar-refractivity contribution in [3.05, 3.63) is 71.4 Å². The number of benzene rings is 1. The second-order valence-corrected chi connectivity index (χ2v) is 7.30. The largest absolute Gasteiger partial charge is 0.349 e. The molecule has 8 nitrogen and oxygen atoms in total. The first kappa shape index (κ1) is 18.8. The topological polar surface area (TPSA) is 109 Å². The van der Waals surface area contributed by atoms with Gasteiger partial charge in [-0.1, -0.05) is 24.3 Å². The van der Waals surface area contributed by atoms with Gasteiger partial charge in [-0.2, -0.15) is 5.10 Å². The van der Waals surface area contributed by atoms with Gasteiger partial charge in [-0.15, -0.1) is 11.3 Å². The lowest BCUT2D eigenvalue weighted by atomic mass is 10.2. The predicted octanol–water partition coefficient (Wildman–Crippen LogP) is 2.71. The molecule has 3 heterocycles. The molecule has 4 aromatic rings. The van der Waals surface area contributed by atoms with Gasteiger partial charge in [-0.05, 0) is 30.3 Å². The Morgan fingerprint density at radius 2 is 1.90 bits per heavy atom. The van der Waals surface area contributed by atoms with E-state index in [1.54, 1.807) is 34.6 Å². The number of amides is 2. The van der Waals surface area contributed by atoms with Gasteiger partial charge in [0.1, 0.15) is 11.4 Å². The lowest BCUT2D eigenvalue weighted by Gasteiger charge is -2.06. The summed E-state index contributed by atoms with van der Waals surface area (Å²) in [4.78, 5) is 29.4. The van der Waals surface area contributed by atoms with E-state index in [9.17, 15) is 9.59 Å². The van der Waals surface area contributed by atoms with Crippen molar-refractivity contribution in [2.45, 2.75) is 6.54 Å². The Balaban J connectivity index is 1.35. The summed E-state index contributed by atoms with van der Waals surface area (Å²) in [7, 11) is 0. The molecule has 3 aromatic heterocycles. The Bertz CT molecular complexity index is 1180. The third-order valence-electron chi connectivity index (χ3n) is 4.28. The molecule has 0 aliphatic rings. The molecule has 2 amide bonds. The molecule has 3 N–H and O–H groups in total. The SMILES string of the molecule is O=C(NCCn1ccc(-c2ccc(C(=O)NO)s2)n1)c1ccc2ccccc2n1. The van der Waals surface area contributed by atoms with Crippen LogP contribution in [0.4, 0.5) is 0 Å². The van der Waals surface area contributed by atoms with Crippen LogP contribution in [0.1, 0.15) is 20.2 Å². The quantitative estimate of drug-likeness (QED) is 0.336. The second kappa shape index (κ2) is 8.21. The number of hydrogen-bond acceptors (Lipinski definition) is 6. The van der Waals surface area contributed by atoms with Crippen molar-refractivity contribution < 1.29 is 14.8 Å². The molecule has 0 fully saturated rings. The summed E-state index contributed by atoms with van der Waals surface area (Å²) in [6.07, 6.45) is 1.81. The third kappa shape index (κ3) is 4.15. The van der Waals surface area contributed by atoms with Crippen molar-refractivity contribution in [1.82, 2.24) is 25.6 Å². The lowest BCUT2D eigenvalue weighted by molar-refractivity contribution is 0.0711. The molecule has 0 bridgehead atoms. The number of fused-ring (bicyclic) bond motifs is 1. The Morgan fingerprint density at radius 1 is 1.03 bits per heavy atom. The number of hydrogen-bond donors (Lipinski definition) is 3. The van der Waals surface area contributed by atoms with E-state index in [4.69, 9.17) is 5.21 Å². The molecule has 0 spiro atoms. The minimum Gasteiger partial charge on any atom is -0.349 e. The smallest absolute Gasteiger partial charge is 0.284 e. The molecule has 0 atom stereocenters. The van der Waals surface area contributed by atoms with Crippen LogP contribution in [0.25, 0.3) is 21.5 Å². The van der Waals surface area contributed by atoms with Crippen LogP contribution in [0.2, 0.25) is 0 Å². The van der Waals surface area contributed by atoms with Gasteiger partial charge >= 0.3 is 0 Å². The summed E-state index contributed by atoms with van der Waals surface area (Å²) >= 11 is 1.23. The zero-order valence-electron chi connectivity index (χ0n) is 15.2. The van der Waals surface area contributed by atoms with Gasteiger partial charge in [0.05, 0.1) is 21.8 Å². The summed E-state index contributed by atoms with van der Waals surface area (Å²) in [5.41, 5.74) is 3.48. The van der Waals surface area contributed by atoms with Gasteiger partial charge in [0, 0.05) is 18.1 Å². The summed E-state index contributed by atoms with van der Waals surface area (Å²) in [6.45, 7) is 0.895. The second-order valence-electron chi connectivity index (χ2n) is 6.21. The fourth-order valence-corrected chi connectivity index (χ4v) is 3.70. The minimum absolute atomic E-state index is 0.235. The van der Waals surface area contributed by atoms with Crippen molar-refractivity contribution in [1.29, 1.82) is 0 Å². The zero-order chi connectivity index (χ0) is 20.2. The van der Waals surface area contributed by atoms with Gasteiger partial charge in [0.15, 0.2) is 0 Å². The Labute approximate surface area is 169 Å². The van der Waals surface area contributed by atoms with Crippen LogP contribution >= 0.6 is 11.3 Å². The van der Waals surface area contributed by atoms with Crippen LogP contribution in [0, 0.1) is 0 Å². The van der Waals surface area contributed by atoms with E-state index < -0.39 is 5.91 Å². The number of para-hydroxylation sites is 1. The molecule has 0 saturated heterocycles. The molecule has 29 heavy (non-hydrogen) atoms. The molecule has 9 heteroatoms. The van der Waals surface area contributed by atoms with E-state index in [1.807, 2.05) is 36.4 Å². The highest BCUT2D eigenvalue weighted by Gasteiger charge is 2.12. The van der Waals surface area contributed by atoms with Crippen molar-refractivity contribution >= 4 is 34.1 Å². The Kier molecular flexibility index (Phi) is 5.32. The Hall–Kier alpha value is -3.56. The monoisotopic (exact) mass is 407 g/mol. The van der Waals surface area contributed by atoms with Crippen molar-refractivity contribution in [3.8, 4) is 10.6 Å². The fourth-order valence-electron chi connectivity index (χ4n) is 2.84. The predicted molar refractivity (Wildman–Crippen MR) is 109 cm³/mol. The van der Waals surface area contributed by atoms with E-state index in [-0.39, 0.29) is 5.91 Å². The molecule has 0 aliphatic carbocycles. The summed E-state index contributed by atoms with van der Waals surface area (Å²) in [6, 6.07) is 16.5. The average Bonchev–Trinajstić information content (AvgIpc) is 3.42. The van der Waals surface area contributed by atoms with Crippen LogP contribution < -0.4 is 10.8 Å². The van der Waals surface area contributed by atoms with Crippen molar-refractivity contribution in [3.63, 3.8) is 0 Å². The van der Waals surface area contributed by atoms with Crippen LogP contribution in [0.3, 0.4) is 0 Å². The van der Waals surface area contributed by atoms with E-state index >= 15 is 0 Å². The van der Waals surface area contributed by atoms with Crippen LogP contribution in [-0.2, 0) is 6.54 Å². The highest BCUT2D eigenvalue weighted by Crippen LogP contribution is 2.26. The molecule has 146 valence electrons. The van der Waals surface area contributed by atoms with E-state index in [2.05, 4.69) is 15.4 Å². The van der Waals surface area contributed by atoms with Crippen molar-refractivity contribution in [2.24, 2.45) is 0 Å². The molecule has 0 saturated carbocycles. The molecule has 4 rings (SSSR count). The molecular formula is C20H17N5O3S. The van der Waals surface area contributed by atoms with Crippen LogP contribution in [0.5, 0.6) is 0 Å². The van der Waals surface area contributed by atoms with E-state index in [0.29, 0.717) is 23.7 Å². The normalized spacial score (nSPS) is 10.8. The zero-order valence-corrected chi connectivity index (χ0v) is 16.0. The first-order chi connectivity index (χ1) is 14.1. The van der Waals surface area contributed by atoms with Gasteiger partial charge in [-0.3, -0.25) is 19.5 Å². The number of nitrogens with zero attached hydrogens (tertiary/aromatic N) is 3. The maximum Gasteiger partial charge on any atom is 0.284 e. The van der Waals surface area contributed by atoms with E-state index in [1.165, 1.54) is 11.3 Å². The number of hydroxylamine groups is 1. The number of rotatable bonds is 6. The highest BCUT2D eigenvalue weighted by molar-refractivity contribution is 7.17. The fraction of sp³-hybridized carbons (Fsp3) is 0.100. The molecule has 0 unspecified atom stereocenters. The average molecular weight is 407 g/mol. The maximum atomic E-state index is 12.3. The van der Waals surface area contributed by atoms with Crippen LogP contribution in [0.15, 0.2) is 60.8 Å². The number of carbonyl (C=O) groups is 2. The molecule has 1 aromatic carbocycles. The van der Waals surface area contributed by atoms with Gasteiger partial charge in [0.2, 0.25) is 0 Å². The number of nitrogens with one attached hydrogen (secondary N) is 2. The van der Waals surface area contributed by atoms with Gasteiger partial charge in [0.25, 0.3) is 11.8 Å². The van der Waals surface area contributed by atoms with Gasteiger partial charge in [-0.25, -0.2) is 10.5 Å². The lowest BCUT2D eigenvalue weighted by Crippen LogP contribution is -2.28. The standard InChI is InChI=1S/C20H17N5O3S/c26-19(16-6-5-13-3-1-2-4-14(13)22-16)21-10-12-25-11-9-15(23-25)17-7-8-18(29-17)20(27)24-28/h1-9,11,28H,10,12H2,(H,21,26)(H,24,27). The number of carbonyl (C=O) groups excluding carboxylic acids is 2. The van der Waals surface area contributed by atoms with Crippen LogP contribution in [-0.4, -0.2) is 38.3 Å². The summed E-state index contributed by atoms with van der Waals surface area (Å²) in [5.74, 6) is -0.785. The number of aromatic nitrogens is 3. The van der Waals surface area contributed by atoms with Gasteiger partial charge < -0.3 is 5.32 Å². The van der Waals surface area contributed by atoms with E-state index in [0.717, 1.165) is 21.5 Å². The first-order valence-electron chi connectivity index (χ1n) is 8.86. The Morgan fingerprint density at radius 3 is 2.76 bits per heavy atom. The minimum atomic E-state index is -0.550. The number of pyridine rings is 1. The highest BCUT2D eigenvalue weighted by atomic mass is 32.1.